The molecule has 2 rings (SSSR count). The minimum atomic E-state index is -0.370. The lowest BCUT2D eigenvalue weighted by Crippen LogP contribution is -2.09. The minimum absolute atomic E-state index is 0.370. The molecular weight excluding hydrogens is 236 g/mol. The highest BCUT2D eigenvalue weighted by molar-refractivity contribution is 6.30. The van der Waals surface area contributed by atoms with E-state index in [4.69, 9.17) is 16.3 Å². The number of hydrogen-bond acceptors (Lipinski definition) is 2. The van der Waals surface area contributed by atoms with Gasteiger partial charge in [-0.05, 0) is 36.8 Å². The maximum atomic E-state index is 11.9. The lowest BCUT2D eigenvalue weighted by atomic mass is 10.1. The highest BCUT2D eigenvalue weighted by Crippen LogP contribution is 2.19. The molecule has 0 amide bonds. The van der Waals surface area contributed by atoms with Crippen LogP contribution >= 0.6 is 11.6 Å². The minimum Gasteiger partial charge on any atom is -0.423 e. The Labute approximate surface area is 105 Å². The van der Waals surface area contributed by atoms with Gasteiger partial charge >= 0.3 is 5.97 Å². The molecule has 0 saturated carbocycles. The Kier molecular flexibility index (Phi) is 3.45. The standard InChI is InChI=1S/C14H11ClO2/c1-10-5-2-3-8-13(10)14(16)17-12-7-4-6-11(15)9-12/h2-9H,1H3. The van der Waals surface area contributed by atoms with Crippen LogP contribution in [-0.2, 0) is 0 Å². The largest absolute Gasteiger partial charge is 0.423 e. The molecular formula is C14H11ClO2. The molecule has 0 atom stereocenters. The molecule has 0 aliphatic rings. The van der Waals surface area contributed by atoms with Crippen LogP contribution in [0, 0.1) is 6.92 Å². The molecule has 0 heterocycles. The van der Waals surface area contributed by atoms with E-state index in [0.717, 1.165) is 5.56 Å². The summed E-state index contributed by atoms with van der Waals surface area (Å²) >= 11 is 5.81. The SMILES string of the molecule is Cc1ccccc1C(=O)Oc1cccc(Cl)c1. The second kappa shape index (κ2) is 5.02. The third-order valence-corrected chi connectivity index (χ3v) is 2.61. The van der Waals surface area contributed by atoms with Crippen molar-refractivity contribution in [1.82, 2.24) is 0 Å². The molecule has 2 aromatic rings. The normalized spacial score (nSPS) is 10.0. The second-order valence-electron chi connectivity index (χ2n) is 3.66. The number of aryl methyl sites for hydroxylation is 1. The van der Waals surface area contributed by atoms with Crippen LogP contribution in [0.15, 0.2) is 48.5 Å². The third kappa shape index (κ3) is 2.86. The summed E-state index contributed by atoms with van der Waals surface area (Å²) in [5.41, 5.74) is 1.45. The number of halogens is 1. The summed E-state index contributed by atoms with van der Waals surface area (Å²) in [6, 6.07) is 14.1. The molecule has 2 aromatic carbocycles. The van der Waals surface area contributed by atoms with Gasteiger partial charge in [-0.2, -0.15) is 0 Å². The van der Waals surface area contributed by atoms with E-state index in [2.05, 4.69) is 0 Å². The van der Waals surface area contributed by atoms with Gasteiger partial charge in [-0.1, -0.05) is 35.9 Å². The summed E-state index contributed by atoms with van der Waals surface area (Å²) in [4.78, 5) is 11.9. The van der Waals surface area contributed by atoms with Crippen molar-refractivity contribution in [1.29, 1.82) is 0 Å². The fourth-order valence-electron chi connectivity index (χ4n) is 1.49. The van der Waals surface area contributed by atoms with Crippen LogP contribution in [0.2, 0.25) is 5.02 Å². The van der Waals surface area contributed by atoms with Crippen molar-refractivity contribution >= 4 is 17.6 Å². The Hall–Kier alpha value is -1.80. The smallest absolute Gasteiger partial charge is 0.343 e. The van der Waals surface area contributed by atoms with E-state index in [1.54, 1.807) is 30.3 Å². The summed E-state index contributed by atoms with van der Waals surface area (Å²) in [6.07, 6.45) is 0. The second-order valence-corrected chi connectivity index (χ2v) is 4.10. The first-order valence-electron chi connectivity index (χ1n) is 5.20. The van der Waals surface area contributed by atoms with Crippen LogP contribution in [-0.4, -0.2) is 5.97 Å². The van der Waals surface area contributed by atoms with Gasteiger partial charge in [-0.3, -0.25) is 0 Å². The van der Waals surface area contributed by atoms with E-state index in [1.807, 2.05) is 25.1 Å². The van der Waals surface area contributed by atoms with E-state index in [-0.39, 0.29) is 5.97 Å². The highest BCUT2D eigenvalue weighted by atomic mass is 35.5. The first-order valence-corrected chi connectivity index (χ1v) is 5.58. The number of ether oxygens (including phenoxy) is 1. The van der Waals surface area contributed by atoms with Crippen LogP contribution in [0.25, 0.3) is 0 Å². The zero-order valence-electron chi connectivity index (χ0n) is 9.31. The number of rotatable bonds is 2. The number of hydrogen-bond donors (Lipinski definition) is 0. The predicted molar refractivity (Wildman–Crippen MR) is 67.6 cm³/mol. The van der Waals surface area contributed by atoms with Crippen molar-refractivity contribution in [3.63, 3.8) is 0 Å². The summed E-state index contributed by atoms with van der Waals surface area (Å²) in [5, 5.41) is 0.542. The van der Waals surface area contributed by atoms with Crippen LogP contribution < -0.4 is 4.74 Å². The molecule has 0 N–H and O–H groups in total. The average Bonchev–Trinajstić information content (AvgIpc) is 2.29. The van der Waals surface area contributed by atoms with Crippen LogP contribution in [0.3, 0.4) is 0 Å². The van der Waals surface area contributed by atoms with Crippen molar-refractivity contribution in [2.24, 2.45) is 0 Å². The van der Waals surface area contributed by atoms with Crippen molar-refractivity contribution in [2.45, 2.75) is 6.92 Å². The van der Waals surface area contributed by atoms with Gasteiger partial charge in [0.05, 0.1) is 5.56 Å². The number of carbonyl (C=O) groups excluding carboxylic acids is 1. The lowest BCUT2D eigenvalue weighted by molar-refractivity contribution is 0.0734. The molecule has 0 spiro atoms. The predicted octanol–water partition coefficient (Wildman–Crippen LogP) is 3.87. The number of benzene rings is 2. The Morgan fingerprint density at radius 3 is 2.59 bits per heavy atom. The van der Waals surface area contributed by atoms with E-state index >= 15 is 0 Å². The fraction of sp³-hybridized carbons (Fsp3) is 0.0714. The summed E-state index contributed by atoms with van der Waals surface area (Å²) in [7, 11) is 0. The molecule has 0 unspecified atom stereocenters. The number of carbonyl (C=O) groups is 1. The van der Waals surface area contributed by atoms with Gasteiger partial charge in [-0.25, -0.2) is 4.79 Å². The van der Waals surface area contributed by atoms with E-state index in [9.17, 15) is 4.79 Å². The molecule has 0 aliphatic carbocycles. The summed E-state index contributed by atoms with van der Waals surface area (Å²) < 4.78 is 5.24. The molecule has 0 saturated heterocycles. The van der Waals surface area contributed by atoms with Crippen LogP contribution in [0.5, 0.6) is 5.75 Å². The van der Waals surface area contributed by atoms with Gasteiger partial charge in [0.1, 0.15) is 5.75 Å². The quantitative estimate of drug-likeness (QED) is 0.594. The molecule has 0 fully saturated rings. The van der Waals surface area contributed by atoms with Gasteiger partial charge in [0.15, 0.2) is 0 Å². The van der Waals surface area contributed by atoms with E-state index in [1.165, 1.54) is 0 Å². The molecule has 0 aliphatic heterocycles. The Balaban J connectivity index is 2.20. The van der Waals surface area contributed by atoms with Crippen molar-refractivity contribution in [3.05, 3.63) is 64.7 Å². The van der Waals surface area contributed by atoms with Crippen molar-refractivity contribution in [2.75, 3.05) is 0 Å². The van der Waals surface area contributed by atoms with Gasteiger partial charge in [0, 0.05) is 5.02 Å². The first kappa shape index (κ1) is 11.7. The van der Waals surface area contributed by atoms with E-state index < -0.39 is 0 Å². The summed E-state index contributed by atoms with van der Waals surface area (Å²) in [6.45, 7) is 1.87. The first-order chi connectivity index (χ1) is 8.16. The van der Waals surface area contributed by atoms with Crippen LogP contribution in [0.4, 0.5) is 0 Å². The van der Waals surface area contributed by atoms with Gasteiger partial charge in [0.25, 0.3) is 0 Å². The highest BCUT2D eigenvalue weighted by Gasteiger charge is 2.10. The lowest BCUT2D eigenvalue weighted by Gasteiger charge is -2.06. The maximum absolute atomic E-state index is 11.9. The molecule has 2 nitrogen and oxygen atoms in total. The molecule has 3 heteroatoms. The molecule has 17 heavy (non-hydrogen) atoms. The zero-order valence-corrected chi connectivity index (χ0v) is 10.1. The molecule has 0 radical (unpaired) electrons. The van der Waals surface area contributed by atoms with Crippen molar-refractivity contribution in [3.8, 4) is 5.75 Å². The van der Waals surface area contributed by atoms with Gasteiger partial charge in [0.2, 0.25) is 0 Å². The third-order valence-electron chi connectivity index (χ3n) is 2.37. The monoisotopic (exact) mass is 246 g/mol. The van der Waals surface area contributed by atoms with Gasteiger partial charge in [-0.15, -0.1) is 0 Å². The molecule has 0 aromatic heterocycles. The Bertz CT molecular complexity index is 549. The van der Waals surface area contributed by atoms with Crippen molar-refractivity contribution < 1.29 is 9.53 Å². The average molecular weight is 247 g/mol. The van der Waals surface area contributed by atoms with E-state index in [0.29, 0.717) is 16.3 Å². The summed E-state index contributed by atoms with van der Waals surface area (Å²) in [5.74, 6) is 0.0797. The Morgan fingerprint density at radius 1 is 1.12 bits per heavy atom. The van der Waals surface area contributed by atoms with Crippen LogP contribution in [0.1, 0.15) is 15.9 Å². The molecule has 86 valence electrons. The molecule has 0 bridgehead atoms. The topological polar surface area (TPSA) is 26.3 Å². The zero-order chi connectivity index (χ0) is 12.3. The maximum Gasteiger partial charge on any atom is 0.343 e. The van der Waals surface area contributed by atoms with Gasteiger partial charge < -0.3 is 4.74 Å². The Morgan fingerprint density at radius 2 is 1.88 bits per heavy atom. The number of esters is 1. The fourth-order valence-corrected chi connectivity index (χ4v) is 1.67.